The smallest absolute Gasteiger partial charge is 0.335 e. The fraction of sp³-hybridized carbons (Fsp3) is 0.500. The van der Waals surface area contributed by atoms with Gasteiger partial charge in [-0.2, -0.15) is 0 Å². The summed E-state index contributed by atoms with van der Waals surface area (Å²) >= 11 is 0. The summed E-state index contributed by atoms with van der Waals surface area (Å²) in [5, 5.41) is 12.3. The molecule has 0 radical (unpaired) electrons. The van der Waals surface area contributed by atoms with Crippen LogP contribution in [0.15, 0.2) is 24.3 Å². The minimum absolute atomic E-state index is 0.234. The van der Waals surface area contributed by atoms with Gasteiger partial charge < -0.3 is 15.2 Å². The molecule has 1 aromatic carbocycles. The Kier molecular flexibility index (Phi) is 3.87. The molecule has 0 bridgehead atoms. The van der Waals surface area contributed by atoms with Crippen molar-refractivity contribution in [2.75, 3.05) is 25.1 Å². The Morgan fingerprint density at radius 1 is 1.44 bits per heavy atom. The van der Waals surface area contributed by atoms with Crippen LogP contribution < -0.4 is 5.32 Å². The van der Waals surface area contributed by atoms with Crippen LogP contribution in [0, 0.1) is 5.41 Å². The van der Waals surface area contributed by atoms with Crippen molar-refractivity contribution in [3.63, 3.8) is 0 Å². The van der Waals surface area contributed by atoms with Gasteiger partial charge >= 0.3 is 5.97 Å². The lowest BCUT2D eigenvalue weighted by Gasteiger charge is -2.33. The minimum atomic E-state index is -0.893. The Morgan fingerprint density at radius 2 is 2.17 bits per heavy atom. The SMILES string of the molecule is CC1(CNc2cccc(C(=O)O)c2)CCOCC1. The van der Waals surface area contributed by atoms with E-state index >= 15 is 0 Å². The standard InChI is InChI=1S/C14H19NO3/c1-14(5-7-18-8-6-14)10-15-12-4-2-3-11(9-12)13(16)17/h2-4,9,15H,5-8,10H2,1H3,(H,16,17). The van der Waals surface area contributed by atoms with Gasteiger partial charge in [0.15, 0.2) is 0 Å². The molecular weight excluding hydrogens is 230 g/mol. The molecule has 4 nitrogen and oxygen atoms in total. The molecule has 4 heteroatoms. The Bertz CT molecular complexity index is 425. The van der Waals surface area contributed by atoms with Crippen LogP contribution in [0.5, 0.6) is 0 Å². The average Bonchev–Trinajstić information content (AvgIpc) is 2.38. The van der Waals surface area contributed by atoms with E-state index in [0.29, 0.717) is 5.56 Å². The third-order valence-electron chi connectivity index (χ3n) is 3.53. The van der Waals surface area contributed by atoms with Crippen molar-refractivity contribution in [1.29, 1.82) is 0 Å². The molecule has 2 N–H and O–H groups in total. The number of anilines is 1. The highest BCUT2D eigenvalue weighted by molar-refractivity contribution is 5.88. The molecule has 0 unspecified atom stereocenters. The highest BCUT2D eigenvalue weighted by Crippen LogP contribution is 2.30. The molecule has 1 saturated heterocycles. The van der Waals surface area contributed by atoms with E-state index in [1.165, 1.54) is 0 Å². The fourth-order valence-corrected chi connectivity index (χ4v) is 2.12. The molecule has 0 atom stereocenters. The molecule has 1 aromatic rings. The quantitative estimate of drug-likeness (QED) is 0.861. The van der Waals surface area contributed by atoms with Crippen molar-refractivity contribution < 1.29 is 14.6 Å². The fourth-order valence-electron chi connectivity index (χ4n) is 2.12. The second kappa shape index (κ2) is 5.40. The van der Waals surface area contributed by atoms with Crippen LogP contribution >= 0.6 is 0 Å². The first kappa shape index (κ1) is 12.9. The maximum absolute atomic E-state index is 10.9. The molecule has 1 fully saturated rings. The van der Waals surface area contributed by atoms with Crippen molar-refractivity contribution in [3.8, 4) is 0 Å². The monoisotopic (exact) mass is 249 g/mol. The number of carboxylic acid groups (broad SMARTS) is 1. The summed E-state index contributed by atoms with van der Waals surface area (Å²) in [6, 6.07) is 6.93. The predicted octanol–water partition coefficient (Wildman–Crippen LogP) is 2.61. The molecule has 1 heterocycles. The molecule has 2 rings (SSSR count). The van der Waals surface area contributed by atoms with Crippen LogP contribution in [0.25, 0.3) is 0 Å². The first-order chi connectivity index (χ1) is 8.59. The lowest BCUT2D eigenvalue weighted by molar-refractivity contribution is 0.0300. The van der Waals surface area contributed by atoms with Gasteiger partial charge in [0.1, 0.15) is 0 Å². The second-order valence-electron chi connectivity index (χ2n) is 5.16. The first-order valence-corrected chi connectivity index (χ1v) is 6.24. The molecular formula is C14H19NO3. The van der Waals surface area contributed by atoms with Gasteiger partial charge in [-0.1, -0.05) is 13.0 Å². The van der Waals surface area contributed by atoms with Crippen molar-refractivity contribution in [3.05, 3.63) is 29.8 Å². The largest absolute Gasteiger partial charge is 0.478 e. The van der Waals surface area contributed by atoms with Gasteiger partial charge in [0.05, 0.1) is 5.56 Å². The Balaban J connectivity index is 1.97. The van der Waals surface area contributed by atoms with Gasteiger partial charge in [0.25, 0.3) is 0 Å². The molecule has 18 heavy (non-hydrogen) atoms. The summed E-state index contributed by atoms with van der Waals surface area (Å²) < 4.78 is 5.36. The predicted molar refractivity (Wildman–Crippen MR) is 70.1 cm³/mol. The van der Waals surface area contributed by atoms with Crippen LogP contribution in [-0.4, -0.2) is 30.8 Å². The second-order valence-corrected chi connectivity index (χ2v) is 5.16. The van der Waals surface area contributed by atoms with E-state index < -0.39 is 5.97 Å². The number of benzene rings is 1. The number of aromatic carboxylic acids is 1. The summed E-state index contributed by atoms with van der Waals surface area (Å²) in [5.41, 5.74) is 1.41. The number of rotatable bonds is 4. The van der Waals surface area contributed by atoms with E-state index in [1.807, 2.05) is 6.07 Å². The summed E-state index contributed by atoms with van der Waals surface area (Å²) in [4.78, 5) is 10.9. The maximum atomic E-state index is 10.9. The third kappa shape index (κ3) is 3.23. The van der Waals surface area contributed by atoms with E-state index in [0.717, 1.165) is 38.3 Å². The van der Waals surface area contributed by atoms with Gasteiger partial charge in [0.2, 0.25) is 0 Å². The summed E-state index contributed by atoms with van der Waals surface area (Å²) in [6.45, 7) is 4.71. The molecule has 98 valence electrons. The molecule has 1 aliphatic rings. The van der Waals surface area contributed by atoms with Crippen molar-refractivity contribution >= 4 is 11.7 Å². The summed E-state index contributed by atoms with van der Waals surface area (Å²) in [6.07, 6.45) is 2.08. The number of hydrogen-bond donors (Lipinski definition) is 2. The molecule has 0 aromatic heterocycles. The van der Waals surface area contributed by atoms with Crippen molar-refractivity contribution in [2.24, 2.45) is 5.41 Å². The van der Waals surface area contributed by atoms with Crippen LogP contribution in [0.4, 0.5) is 5.69 Å². The van der Waals surface area contributed by atoms with Gasteiger partial charge in [-0.25, -0.2) is 4.79 Å². The maximum Gasteiger partial charge on any atom is 0.335 e. The zero-order valence-electron chi connectivity index (χ0n) is 10.6. The van der Waals surface area contributed by atoms with Gasteiger partial charge in [-0.3, -0.25) is 0 Å². The van der Waals surface area contributed by atoms with E-state index in [9.17, 15) is 4.79 Å². The number of ether oxygens (including phenoxy) is 1. The third-order valence-corrected chi connectivity index (χ3v) is 3.53. The lowest BCUT2D eigenvalue weighted by atomic mass is 9.82. The highest BCUT2D eigenvalue weighted by Gasteiger charge is 2.26. The summed E-state index contributed by atoms with van der Waals surface area (Å²) in [5.74, 6) is -0.893. The molecule has 1 aliphatic heterocycles. The number of carbonyl (C=O) groups is 1. The van der Waals surface area contributed by atoms with Crippen LogP contribution in [0.3, 0.4) is 0 Å². The van der Waals surface area contributed by atoms with Crippen LogP contribution in [-0.2, 0) is 4.74 Å². The topological polar surface area (TPSA) is 58.6 Å². The molecule has 0 saturated carbocycles. The average molecular weight is 249 g/mol. The number of carboxylic acids is 1. The Morgan fingerprint density at radius 3 is 2.83 bits per heavy atom. The Hall–Kier alpha value is -1.55. The zero-order valence-corrected chi connectivity index (χ0v) is 10.6. The first-order valence-electron chi connectivity index (χ1n) is 6.24. The zero-order chi connectivity index (χ0) is 13.0. The van der Waals surface area contributed by atoms with Gasteiger partial charge in [0, 0.05) is 25.4 Å². The number of hydrogen-bond acceptors (Lipinski definition) is 3. The number of nitrogens with one attached hydrogen (secondary N) is 1. The van der Waals surface area contributed by atoms with E-state index in [2.05, 4.69) is 12.2 Å². The normalized spacial score (nSPS) is 18.3. The lowest BCUT2D eigenvalue weighted by Crippen LogP contribution is -2.33. The Labute approximate surface area is 107 Å². The van der Waals surface area contributed by atoms with E-state index in [1.54, 1.807) is 18.2 Å². The molecule has 0 amide bonds. The highest BCUT2D eigenvalue weighted by atomic mass is 16.5. The van der Waals surface area contributed by atoms with E-state index in [-0.39, 0.29) is 5.41 Å². The van der Waals surface area contributed by atoms with E-state index in [4.69, 9.17) is 9.84 Å². The van der Waals surface area contributed by atoms with Crippen LogP contribution in [0.2, 0.25) is 0 Å². The minimum Gasteiger partial charge on any atom is -0.478 e. The summed E-state index contributed by atoms with van der Waals surface area (Å²) in [7, 11) is 0. The van der Waals surface area contributed by atoms with Gasteiger partial charge in [-0.15, -0.1) is 0 Å². The van der Waals surface area contributed by atoms with Crippen molar-refractivity contribution in [2.45, 2.75) is 19.8 Å². The van der Waals surface area contributed by atoms with Crippen molar-refractivity contribution in [1.82, 2.24) is 0 Å². The van der Waals surface area contributed by atoms with Gasteiger partial charge in [-0.05, 0) is 36.5 Å². The molecule has 0 aliphatic carbocycles. The van der Waals surface area contributed by atoms with Crippen LogP contribution in [0.1, 0.15) is 30.1 Å². The molecule has 0 spiro atoms.